The first-order chi connectivity index (χ1) is 10.6. The molecule has 4 nitrogen and oxygen atoms in total. The molecule has 1 unspecified atom stereocenters. The van der Waals surface area contributed by atoms with Crippen LogP contribution in [0.3, 0.4) is 0 Å². The summed E-state index contributed by atoms with van der Waals surface area (Å²) in [5.41, 5.74) is 1.80. The van der Waals surface area contributed by atoms with Gasteiger partial charge >= 0.3 is 0 Å². The lowest BCUT2D eigenvalue weighted by Gasteiger charge is -2.29. The van der Waals surface area contributed by atoms with Gasteiger partial charge in [-0.15, -0.1) is 0 Å². The molecule has 116 valence electrons. The predicted octanol–water partition coefficient (Wildman–Crippen LogP) is 4.02. The van der Waals surface area contributed by atoms with Crippen molar-refractivity contribution in [3.8, 4) is 11.3 Å². The van der Waals surface area contributed by atoms with Crippen molar-refractivity contribution in [2.75, 3.05) is 7.05 Å². The Morgan fingerprint density at radius 1 is 1.45 bits per heavy atom. The summed E-state index contributed by atoms with van der Waals surface area (Å²) in [4.78, 5) is 2.20. The molecule has 3 rings (SSSR count). The highest BCUT2D eigenvalue weighted by atomic mass is 35.5. The lowest BCUT2D eigenvalue weighted by atomic mass is 10.1. The van der Waals surface area contributed by atoms with Crippen molar-refractivity contribution in [2.45, 2.75) is 31.8 Å². The van der Waals surface area contributed by atoms with Crippen LogP contribution in [-0.2, 0) is 0 Å². The molecular formula is C16H18ClN3OS. The molecule has 1 aromatic heterocycles. The van der Waals surface area contributed by atoms with E-state index in [0.717, 1.165) is 22.1 Å². The van der Waals surface area contributed by atoms with E-state index < -0.39 is 0 Å². The maximum absolute atomic E-state index is 6.03. The summed E-state index contributed by atoms with van der Waals surface area (Å²) in [6.45, 7) is 2.10. The van der Waals surface area contributed by atoms with Crippen LogP contribution in [0.5, 0.6) is 0 Å². The maximum atomic E-state index is 6.03. The Hall–Kier alpha value is -1.59. The molecule has 2 aromatic rings. The minimum Gasteiger partial charge on any atom is -0.366 e. The Kier molecular flexibility index (Phi) is 4.36. The fourth-order valence-corrected chi connectivity index (χ4v) is 3.04. The van der Waals surface area contributed by atoms with Crippen LogP contribution in [0.25, 0.3) is 11.3 Å². The molecule has 0 radical (unpaired) electrons. The summed E-state index contributed by atoms with van der Waals surface area (Å²) < 4.78 is 5.49. The second-order valence-corrected chi connectivity index (χ2v) is 6.32. The summed E-state index contributed by atoms with van der Waals surface area (Å²) in [6.07, 6.45) is 2.34. The first-order valence-corrected chi connectivity index (χ1v) is 8.11. The van der Waals surface area contributed by atoms with Gasteiger partial charge in [-0.2, -0.15) is 0 Å². The predicted molar refractivity (Wildman–Crippen MR) is 91.9 cm³/mol. The van der Waals surface area contributed by atoms with Gasteiger partial charge in [-0.25, -0.2) is 0 Å². The molecule has 1 fully saturated rings. The number of hydrogen-bond acceptors (Lipinski definition) is 3. The number of thiocarbonyl (C=S) groups is 1. The van der Waals surface area contributed by atoms with E-state index in [2.05, 4.69) is 22.3 Å². The van der Waals surface area contributed by atoms with E-state index in [0.29, 0.717) is 11.1 Å². The minimum atomic E-state index is 0.0733. The molecular weight excluding hydrogens is 318 g/mol. The zero-order valence-corrected chi connectivity index (χ0v) is 14.1. The van der Waals surface area contributed by atoms with Gasteiger partial charge in [0.25, 0.3) is 0 Å². The van der Waals surface area contributed by atoms with Crippen molar-refractivity contribution in [2.24, 2.45) is 0 Å². The van der Waals surface area contributed by atoms with Crippen LogP contribution in [-0.4, -0.2) is 28.3 Å². The van der Waals surface area contributed by atoms with Crippen molar-refractivity contribution < 1.29 is 4.52 Å². The zero-order valence-electron chi connectivity index (χ0n) is 12.5. The van der Waals surface area contributed by atoms with Gasteiger partial charge in [-0.3, -0.25) is 0 Å². The van der Waals surface area contributed by atoms with Gasteiger partial charge in [0, 0.05) is 29.7 Å². The highest BCUT2D eigenvalue weighted by Gasteiger charge is 2.35. The summed E-state index contributed by atoms with van der Waals surface area (Å²) in [5.74, 6) is 0.718. The van der Waals surface area contributed by atoms with Crippen molar-refractivity contribution in [3.05, 3.63) is 41.0 Å². The van der Waals surface area contributed by atoms with Crippen molar-refractivity contribution in [3.63, 3.8) is 0 Å². The number of halogens is 1. The van der Waals surface area contributed by atoms with E-state index in [1.165, 1.54) is 12.8 Å². The van der Waals surface area contributed by atoms with Gasteiger partial charge in [0.05, 0.1) is 6.04 Å². The second kappa shape index (κ2) is 6.26. The van der Waals surface area contributed by atoms with Gasteiger partial charge in [-0.05, 0) is 44.1 Å². The van der Waals surface area contributed by atoms with E-state index >= 15 is 0 Å². The van der Waals surface area contributed by atoms with Crippen LogP contribution >= 0.6 is 23.8 Å². The fraction of sp³-hybridized carbons (Fsp3) is 0.375. The number of nitrogens with one attached hydrogen (secondary N) is 1. The minimum absolute atomic E-state index is 0.0733. The third-order valence-corrected chi connectivity index (χ3v) is 4.52. The maximum Gasteiger partial charge on any atom is 0.169 e. The van der Waals surface area contributed by atoms with E-state index in [4.69, 9.17) is 28.3 Å². The van der Waals surface area contributed by atoms with E-state index in [1.54, 1.807) is 0 Å². The molecule has 6 heteroatoms. The number of benzene rings is 1. The van der Waals surface area contributed by atoms with Crippen molar-refractivity contribution in [1.29, 1.82) is 0 Å². The molecule has 0 bridgehead atoms. The van der Waals surface area contributed by atoms with Gasteiger partial charge < -0.3 is 14.7 Å². The Labute approximate surface area is 140 Å². The average Bonchev–Trinajstić information content (AvgIpc) is 3.21. The number of hydrogen-bond donors (Lipinski definition) is 1. The first kappa shape index (κ1) is 15.3. The molecule has 1 aromatic carbocycles. The van der Waals surface area contributed by atoms with E-state index in [9.17, 15) is 0 Å². The molecule has 0 saturated heterocycles. The standard InChI is InChI=1S/C16H18ClN3OS/c1-10(20(13-6-7-13)16(22)18-2)14-9-15(21-19-14)11-4-3-5-12(17)8-11/h3-5,8-10,13H,6-7H2,1-2H3,(H,18,22). The van der Waals surface area contributed by atoms with Crippen molar-refractivity contribution in [1.82, 2.24) is 15.4 Å². The number of rotatable bonds is 4. The average molecular weight is 336 g/mol. The third-order valence-electron chi connectivity index (χ3n) is 3.87. The number of nitrogens with zero attached hydrogens (tertiary/aromatic N) is 2. The fourth-order valence-electron chi connectivity index (χ4n) is 2.55. The quantitative estimate of drug-likeness (QED) is 0.854. The highest BCUT2D eigenvalue weighted by molar-refractivity contribution is 7.80. The smallest absolute Gasteiger partial charge is 0.169 e. The van der Waals surface area contributed by atoms with Crippen LogP contribution in [0.2, 0.25) is 5.02 Å². The van der Waals surface area contributed by atoms with Crippen LogP contribution in [0, 0.1) is 0 Å². The number of aromatic nitrogens is 1. The molecule has 1 heterocycles. The SMILES string of the molecule is CNC(=S)N(C1CC1)C(C)c1cc(-c2cccc(Cl)c2)on1. The van der Waals surface area contributed by atoms with Crippen LogP contribution in [0.15, 0.2) is 34.9 Å². The summed E-state index contributed by atoms with van der Waals surface area (Å²) in [5, 5.41) is 8.72. The van der Waals surface area contributed by atoms with Crippen molar-refractivity contribution >= 4 is 28.9 Å². The Bertz CT molecular complexity index is 684. The van der Waals surface area contributed by atoms with E-state index in [-0.39, 0.29) is 6.04 Å². The first-order valence-electron chi connectivity index (χ1n) is 7.32. The molecule has 1 aliphatic rings. The van der Waals surface area contributed by atoms with Gasteiger partial charge in [0.15, 0.2) is 10.9 Å². The molecule has 22 heavy (non-hydrogen) atoms. The largest absolute Gasteiger partial charge is 0.366 e. The van der Waals surface area contributed by atoms with E-state index in [1.807, 2.05) is 37.4 Å². The molecule has 1 saturated carbocycles. The topological polar surface area (TPSA) is 41.3 Å². The Morgan fingerprint density at radius 3 is 2.86 bits per heavy atom. The van der Waals surface area contributed by atoms with Gasteiger partial charge in [0.1, 0.15) is 5.69 Å². The van der Waals surface area contributed by atoms with Gasteiger partial charge in [-0.1, -0.05) is 28.9 Å². The van der Waals surface area contributed by atoms with Gasteiger partial charge in [0.2, 0.25) is 0 Å². The second-order valence-electron chi connectivity index (χ2n) is 5.50. The molecule has 0 amide bonds. The summed E-state index contributed by atoms with van der Waals surface area (Å²) in [7, 11) is 1.85. The van der Waals surface area contributed by atoms with Crippen LogP contribution < -0.4 is 5.32 Å². The molecule has 1 aliphatic carbocycles. The molecule has 1 atom stereocenters. The highest BCUT2D eigenvalue weighted by Crippen LogP contribution is 2.35. The monoisotopic (exact) mass is 335 g/mol. The summed E-state index contributed by atoms with van der Waals surface area (Å²) in [6, 6.07) is 10.1. The summed E-state index contributed by atoms with van der Waals surface area (Å²) >= 11 is 11.5. The normalized spacial score (nSPS) is 15.4. The molecule has 0 aliphatic heterocycles. The zero-order chi connectivity index (χ0) is 15.7. The Balaban J connectivity index is 1.84. The lowest BCUT2D eigenvalue weighted by molar-refractivity contribution is 0.304. The molecule has 1 N–H and O–H groups in total. The van der Waals surface area contributed by atoms with Crippen LogP contribution in [0.1, 0.15) is 31.5 Å². The molecule has 0 spiro atoms. The lowest BCUT2D eigenvalue weighted by Crippen LogP contribution is -2.41. The van der Waals surface area contributed by atoms with Crippen LogP contribution in [0.4, 0.5) is 0 Å². The third kappa shape index (κ3) is 3.10. The Morgan fingerprint density at radius 2 is 2.23 bits per heavy atom.